The summed E-state index contributed by atoms with van der Waals surface area (Å²) in [6.45, 7) is 20.8. The summed E-state index contributed by atoms with van der Waals surface area (Å²) < 4.78 is 0. The maximum absolute atomic E-state index is 10.3. The maximum atomic E-state index is 10.3. The first-order valence-electron chi connectivity index (χ1n) is 13.4. The SMILES string of the molecule is CC[C@H](O)CC1=CCC(C2CCC([C@H](C)CCCC(C)(C)O)[C@@]2(C)CC)C(C)C1(C)C. The van der Waals surface area contributed by atoms with Crippen molar-refractivity contribution in [1.82, 2.24) is 0 Å². The van der Waals surface area contributed by atoms with Gasteiger partial charge in [0.15, 0.2) is 0 Å². The lowest BCUT2D eigenvalue weighted by Gasteiger charge is -2.50. The molecule has 1 fully saturated rings. The average Bonchev–Trinajstić information content (AvgIpc) is 3.02. The number of rotatable bonds is 10. The predicted molar refractivity (Wildman–Crippen MR) is 134 cm³/mol. The van der Waals surface area contributed by atoms with Crippen molar-refractivity contribution in [2.75, 3.05) is 0 Å². The van der Waals surface area contributed by atoms with Crippen LogP contribution in [0.5, 0.6) is 0 Å². The molecule has 2 aliphatic rings. The highest BCUT2D eigenvalue weighted by Crippen LogP contribution is 2.61. The Hall–Kier alpha value is -0.340. The van der Waals surface area contributed by atoms with E-state index in [9.17, 15) is 10.2 Å². The quantitative estimate of drug-likeness (QED) is 0.345. The summed E-state index contributed by atoms with van der Waals surface area (Å²) in [7, 11) is 0. The van der Waals surface area contributed by atoms with Gasteiger partial charge in [0.25, 0.3) is 0 Å². The van der Waals surface area contributed by atoms with Crippen molar-refractivity contribution >= 4 is 0 Å². The molecule has 2 aliphatic carbocycles. The highest BCUT2D eigenvalue weighted by atomic mass is 16.3. The molecule has 0 aromatic heterocycles. The highest BCUT2D eigenvalue weighted by Gasteiger charge is 2.53. The van der Waals surface area contributed by atoms with Gasteiger partial charge in [-0.1, -0.05) is 79.4 Å². The zero-order valence-electron chi connectivity index (χ0n) is 22.3. The summed E-state index contributed by atoms with van der Waals surface area (Å²) in [5.74, 6) is 3.72. The highest BCUT2D eigenvalue weighted by molar-refractivity contribution is 5.20. The van der Waals surface area contributed by atoms with Crippen LogP contribution in [-0.4, -0.2) is 21.9 Å². The van der Waals surface area contributed by atoms with Gasteiger partial charge in [-0.15, -0.1) is 0 Å². The van der Waals surface area contributed by atoms with E-state index >= 15 is 0 Å². The first-order chi connectivity index (χ1) is 14.3. The van der Waals surface area contributed by atoms with E-state index in [1.807, 2.05) is 13.8 Å². The molecule has 31 heavy (non-hydrogen) atoms. The summed E-state index contributed by atoms with van der Waals surface area (Å²) in [6.07, 6.45) is 12.5. The van der Waals surface area contributed by atoms with Gasteiger partial charge >= 0.3 is 0 Å². The fourth-order valence-corrected chi connectivity index (χ4v) is 7.34. The van der Waals surface area contributed by atoms with E-state index in [1.165, 1.54) is 37.7 Å². The lowest BCUT2D eigenvalue weighted by atomic mass is 9.55. The summed E-state index contributed by atoms with van der Waals surface area (Å²) >= 11 is 0. The molecule has 2 rings (SSSR count). The summed E-state index contributed by atoms with van der Waals surface area (Å²) in [5, 5.41) is 20.4. The molecule has 0 aromatic rings. The molecule has 2 heteroatoms. The fourth-order valence-electron chi connectivity index (χ4n) is 7.34. The Balaban J connectivity index is 2.15. The van der Waals surface area contributed by atoms with E-state index in [4.69, 9.17) is 0 Å². The van der Waals surface area contributed by atoms with Crippen LogP contribution in [0, 0.1) is 40.4 Å². The second-order valence-corrected chi connectivity index (χ2v) is 12.7. The van der Waals surface area contributed by atoms with E-state index in [0.717, 1.165) is 49.4 Å². The van der Waals surface area contributed by atoms with E-state index in [-0.39, 0.29) is 11.5 Å². The topological polar surface area (TPSA) is 40.5 Å². The van der Waals surface area contributed by atoms with Gasteiger partial charge < -0.3 is 10.2 Å². The molecule has 0 radical (unpaired) electrons. The van der Waals surface area contributed by atoms with Crippen LogP contribution in [-0.2, 0) is 0 Å². The fraction of sp³-hybridized carbons (Fsp3) is 0.931. The molecule has 7 atom stereocenters. The average molecular weight is 435 g/mol. The molecule has 1 saturated carbocycles. The molecule has 0 heterocycles. The Labute approximate surface area is 194 Å². The minimum Gasteiger partial charge on any atom is -0.393 e. The minimum absolute atomic E-state index is 0.171. The number of hydrogen-bond acceptors (Lipinski definition) is 2. The van der Waals surface area contributed by atoms with E-state index < -0.39 is 5.60 Å². The zero-order chi connectivity index (χ0) is 23.6. The third-order valence-electron chi connectivity index (χ3n) is 10.1. The summed E-state index contributed by atoms with van der Waals surface area (Å²) in [5.41, 5.74) is 1.53. The first kappa shape index (κ1) is 26.9. The van der Waals surface area contributed by atoms with Crippen LogP contribution in [0.4, 0.5) is 0 Å². The Morgan fingerprint density at radius 2 is 1.81 bits per heavy atom. The van der Waals surface area contributed by atoms with Crippen molar-refractivity contribution in [1.29, 1.82) is 0 Å². The molecule has 0 saturated heterocycles. The third kappa shape index (κ3) is 5.97. The van der Waals surface area contributed by atoms with Gasteiger partial charge in [-0.3, -0.25) is 0 Å². The Morgan fingerprint density at radius 1 is 1.16 bits per heavy atom. The van der Waals surface area contributed by atoms with Crippen molar-refractivity contribution in [2.24, 2.45) is 40.4 Å². The van der Waals surface area contributed by atoms with Crippen molar-refractivity contribution in [3.05, 3.63) is 11.6 Å². The molecule has 0 amide bonds. The van der Waals surface area contributed by atoms with E-state index in [2.05, 4.69) is 54.5 Å². The molecule has 0 aliphatic heterocycles. The lowest BCUT2D eigenvalue weighted by Crippen LogP contribution is -2.43. The molecule has 182 valence electrons. The number of aliphatic hydroxyl groups excluding tert-OH is 1. The van der Waals surface area contributed by atoms with Gasteiger partial charge in [-0.05, 0) is 92.8 Å². The molecule has 0 spiro atoms. The molecular weight excluding hydrogens is 380 g/mol. The third-order valence-corrected chi connectivity index (χ3v) is 10.1. The summed E-state index contributed by atoms with van der Waals surface area (Å²) in [6, 6.07) is 0. The second-order valence-electron chi connectivity index (χ2n) is 12.7. The van der Waals surface area contributed by atoms with Gasteiger partial charge in [-0.25, -0.2) is 0 Å². The predicted octanol–water partition coefficient (Wildman–Crippen LogP) is 7.78. The molecular formula is C29H54O2. The van der Waals surface area contributed by atoms with Crippen LogP contribution in [0.1, 0.15) is 120 Å². The standard InChI is InChI=1S/C29H54O2/c1-10-23(30)19-22-14-15-24(21(4)28(22,7)8)26-17-16-25(29(26,9)11-2)20(3)13-12-18-27(5,6)31/h14,20-21,23-26,30-31H,10-13,15-19H2,1-9H3/t20-,21?,23+,24?,25?,26?,29-/m1/s1. The number of allylic oxidation sites excluding steroid dienone is 1. The number of hydrogen-bond donors (Lipinski definition) is 2. The molecule has 0 bridgehead atoms. The first-order valence-corrected chi connectivity index (χ1v) is 13.4. The van der Waals surface area contributed by atoms with Gasteiger partial charge in [0.05, 0.1) is 11.7 Å². The van der Waals surface area contributed by atoms with Crippen LogP contribution < -0.4 is 0 Å². The Bertz CT molecular complexity index is 598. The molecule has 2 N–H and O–H groups in total. The Kier molecular flexibility index (Phi) is 8.93. The monoisotopic (exact) mass is 434 g/mol. The van der Waals surface area contributed by atoms with Gasteiger partial charge in [0.1, 0.15) is 0 Å². The van der Waals surface area contributed by atoms with Crippen LogP contribution in [0.25, 0.3) is 0 Å². The van der Waals surface area contributed by atoms with Crippen LogP contribution in [0.15, 0.2) is 11.6 Å². The van der Waals surface area contributed by atoms with Crippen LogP contribution >= 0.6 is 0 Å². The van der Waals surface area contributed by atoms with Crippen molar-refractivity contribution < 1.29 is 10.2 Å². The minimum atomic E-state index is -0.537. The van der Waals surface area contributed by atoms with E-state index in [0.29, 0.717) is 11.3 Å². The zero-order valence-corrected chi connectivity index (χ0v) is 22.3. The molecule has 2 nitrogen and oxygen atoms in total. The number of aliphatic hydroxyl groups is 2. The van der Waals surface area contributed by atoms with E-state index in [1.54, 1.807) is 0 Å². The lowest BCUT2D eigenvalue weighted by molar-refractivity contribution is 0.0195. The Morgan fingerprint density at radius 3 is 2.35 bits per heavy atom. The van der Waals surface area contributed by atoms with Crippen LogP contribution in [0.3, 0.4) is 0 Å². The van der Waals surface area contributed by atoms with Crippen molar-refractivity contribution in [3.63, 3.8) is 0 Å². The largest absolute Gasteiger partial charge is 0.393 e. The summed E-state index contributed by atoms with van der Waals surface area (Å²) in [4.78, 5) is 0. The van der Waals surface area contributed by atoms with Crippen molar-refractivity contribution in [2.45, 2.75) is 132 Å². The van der Waals surface area contributed by atoms with Crippen molar-refractivity contribution in [3.8, 4) is 0 Å². The maximum Gasteiger partial charge on any atom is 0.0591 e. The van der Waals surface area contributed by atoms with Gasteiger partial charge in [0.2, 0.25) is 0 Å². The molecule has 4 unspecified atom stereocenters. The van der Waals surface area contributed by atoms with Gasteiger partial charge in [-0.2, -0.15) is 0 Å². The normalized spacial score (nSPS) is 35.6. The van der Waals surface area contributed by atoms with Crippen LogP contribution in [0.2, 0.25) is 0 Å². The van der Waals surface area contributed by atoms with Gasteiger partial charge in [0, 0.05) is 0 Å². The smallest absolute Gasteiger partial charge is 0.0591 e. The molecule has 0 aromatic carbocycles. The second kappa shape index (κ2) is 10.3.